The van der Waals surface area contributed by atoms with Crippen LogP contribution in [0.25, 0.3) is 16.7 Å². The summed E-state index contributed by atoms with van der Waals surface area (Å²) >= 11 is 0. The Kier molecular flexibility index (Phi) is 2.38. The van der Waals surface area contributed by atoms with Gasteiger partial charge in [-0.15, -0.1) is 0 Å². The molecule has 1 aliphatic rings. The van der Waals surface area contributed by atoms with Crippen molar-refractivity contribution < 1.29 is 4.74 Å². The first-order valence-electron chi connectivity index (χ1n) is 6.48. The normalized spacial score (nSPS) is 16.3. The second-order valence-electron chi connectivity index (χ2n) is 4.64. The molecule has 1 aliphatic heterocycles. The molecule has 0 saturated carbocycles. The topological polar surface area (TPSA) is 42.7 Å². The summed E-state index contributed by atoms with van der Waals surface area (Å²) in [5.74, 6) is 1.02. The second kappa shape index (κ2) is 4.20. The molecular formula is C14H14N4O. The quantitative estimate of drug-likeness (QED) is 0.663. The molecule has 3 aromatic heterocycles. The van der Waals surface area contributed by atoms with Gasteiger partial charge < -0.3 is 9.64 Å². The molecule has 0 aromatic carbocycles. The van der Waals surface area contributed by atoms with Gasteiger partial charge in [-0.05, 0) is 24.3 Å². The first kappa shape index (κ1) is 10.8. The Balaban J connectivity index is 1.99. The van der Waals surface area contributed by atoms with E-state index in [2.05, 4.69) is 20.4 Å². The lowest BCUT2D eigenvalue weighted by molar-refractivity contribution is 0.122. The van der Waals surface area contributed by atoms with E-state index in [0.717, 1.165) is 48.8 Å². The van der Waals surface area contributed by atoms with Crippen LogP contribution in [0, 0.1) is 0 Å². The van der Waals surface area contributed by atoms with Crippen LogP contribution in [-0.4, -0.2) is 40.7 Å². The van der Waals surface area contributed by atoms with E-state index in [0.29, 0.717) is 0 Å². The minimum Gasteiger partial charge on any atom is -0.378 e. The van der Waals surface area contributed by atoms with Gasteiger partial charge >= 0.3 is 0 Å². The lowest BCUT2D eigenvalue weighted by Gasteiger charge is -2.28. The fourth-order valence-corrected chi connectivity index (χ4v) is 2.59. The van der Waals surface area contributed by atoms with Gasteiger partial charge in [0.05, 0.1) is 18.7 Å². The molecule has 0 spiro atoms. The van der Waals surface area contributed by atoms with Crippen LogP contribution in [0.5, 0.6) is 0 Å². The van der Waals surface area contributed by atoms with Gasteiger partial charge in [-0.1, -0.05) is 0 Å². The predicted octanol–water partition coefficient (Wildman–Crippen LogP) is 1.72. The maximum Gasteiger partial charge on any atom is 0.163 e. The Morgan fingerprint density at radius 1 is 1.11 bits per heavy atom. The van der Waals surface area contributed by atoms with Crippen molar-refractivity contribution in [2.75, 3.05) is 31.2 Å². The van der Waals surface area contributed by atoms with Gasteiger partial charge in [0.15, 0.2) is 11.5 Å². The van der Waals surface area contributed by atoms with Gasteiger partial charge in [0, 0.05) is 25.5 Å². The van der Waals surface area contributed by atoms with Gasteiger partial charge in [0.1, 0.15) is 5.52 Å². The monoisotopic (exact) mass is 254 g/mol. The van der Waals surface area contributed by atoms with Crippen molar-refractivity contribution in [1.82, 2.24) is 14.4 Å². The minimum atomic E-state index is 0.764. The number of anilines is 1. The third-order valence-electron chi connectivity index (χ3n) is 3.51. The first-order chi connectivity index (χ1) is 9.43. The van der Waals surface area contributed by atoms with Crippen LogP contribution in [0.1, 0.15) is 0 Å². The van der Waals surface area contributed by atoms with E-state index in [-0.39, 0.29) is 0 Å². The lowest BCUT2D eigenvalue weighted by atomic mass is 10.3. The van der Waals surface area contributed by atoms with Crippen LogP contribution in [-0.2, 0) is 4.74 Å². The number of morpholine rings is 1. The minimum absolute atomic E-state index is 0.764. The summed E-state index contributed by atoms with van der Waals surface area (Å²) < 4.78 is 7.52. The molecule has 0 bridgehead atoms. The highest BCUT2D eigenvalue weighted by Crippen LogP contribution is 2.24. The van der Waals surface area contributed by atoms with Gasteiger partial charge in [0.2, 0.25) is 0 Å². The molecule has 4 heterocycles. The van der Waals surface area contributed by atoms with E-state index in [4.69, 9.17) is 9.72 Å². The molecule has 19 heavy (non-hydrogen) atoms. The maximum atomic E-state index is 5.41. The van der Waals surface area contributed by atoms with Gasteiger partial charge in [0.25, 0.3) is 0 Å². The average Bonchev–Trinajstić information content (AvgIpc) is 2.97. The van der Waals surface area contributed by atoms with Crippen LogP contribution in [0.2, 0.25) is 0 Å². The largest absolute Gasteiger partial charge is 0.378 e. The summed E-state index contributed by atoms with van der Waals surface area (Å²) in [7, 11) is 0. The number of hydrogen-bond acceptors (Lipinski definition) is 4. The third-order valence-corrected chi connectivity index (χ3v) is 3.51. The highest BCUT2D eigenvalue weighted by Gasteiger charge is 2.17. The summed E-state index contributed by atoms with van der Waals surface area (Å²) in [6.07, 6.45) is 3.84. The predicted molar refractivity (Wildman–Crippen MR) is 73.5 cm³/mol. The maximum absolute atomic E-state index is 5.41. The Bertz CT molecular complexity index is 730. The van der Waals surface area contributed by atoms with Crippen molar-refractivity contribution in [2.45, 2.75) is 0 Å². The molecule has 4 rings (SSSR count). The van der Waals surface area contributed by atoms with Gasteiger partial charge in [-0.2, -0.15) is 0 Å². The molecule has 5 nitrogen and oxygen atoms in total. The second-order valence-corrected chi connectivity index (χ2v) is 4.64. The highest BCUT2D eigenvalue weighted by atomic mass is 16.5. The molecule has 1 saturated heterocycles. The van der Waals surface area contributed by atoms with E-state index in [1.54, 1.807) is 6.20 Å². The summed E-state index contributed by atoms with van der Waals surface area (Å²) in [6, 6.07) is 8.06. The zero-order valence-corrected chi connectivity index (χ0v) is 10.5. The molecule has 0 radical (unpaired) electrons. The fraction of sp³-hybridized carbons (Fsp3) is 0.286. The molecule has 96 valence electrons. The van der Waals surface area contributed by atoms with Crippen molar-refractivity contribution in [2.24, 2.45) is 0 Å². The molecule has 0 N–H and O–H groups in total. The smallest absolute Gasteiger partial charge is 0.163 e. The molecule has 0 aliphatic carbocycles. The van der Waals surface area contributed by atoms with Crippen molar-refractivity contribution in [3.8, 4) is 0 Å². The molecule has 5 heteroatoms. The zero-order chi connectivity index (χ0) is 12.7. The Labute approximate surface area is 110 Å². The summed E-state index contributed by atoms with van der Waals surface area (Å²) in [6.45, 7) is 3.30. The van der Waals surface area contributed by atoms with E-state index in [1.165, 1.54) is 0 Å². The van der Waals surface area contributed by atoms with Gasteiger partial charge in [-0.25, -0.2) is 9.97 Å². The van der Waals surface area contributed by atoms with E-state index >= 15 is 0 Å². The van der Waals surface area contributed by atoms with E-state index < -0.39 is 0 Å². The average molecular weight is 254 g/mol. The SMILES string of the molecule is c1cnc2c(c1)nc(N1CCOCC1)c1cccn12. The van der Waals surface area contributed by atoms with Gasteiger partial charge in [-0.3, -0.25) is 4.40 Å². The number of rotatable bonds is 1. The summed E-state index contributed by atoms with van der Waals surface area (Å²) in [5.41, 5.74) is 2.93. The number of pyridine rings is 1. The zero-order valence-electron chi connectivity index (χ0n) is 10.5. The molecular weight excluding hydrogens is 240 g/mol. The van der Waals surface area contributed by atoms with Crippen molar-refractivity contribution in [1.29, 1.82) is 0 Å². The van der Waals surface area contributed by atoms with E-state index in [9.17, 15) is 0 Å². The van der Waals surface area contributed by atoms with Crippen molar-refractivity contribution in [3.63, 3.8) is 0 Å². The molecule has 3 aromatic rings. The first-order valence-corrected chi connectivity index (χ1v) is 6.48. The molecule has 0 amide bonds. The fourth-order valence-electron chi connectivity index (χ4n) is 2.59. The van der Waals surface area contributed by atoms with Crippen LogP contribution in [0.3, 0.4) is 0 Å². The highest BCUT2D eigenvalue weighted by molar-refractivity contribution is 5.82. The standard InChI is InChI=1S/C14H14N4O/c1-3-11-13(15-5-1)18-6-2-4-12(18)14(16-11)17-7-9-19-10-8-17/h1-6H,7-10H2. The number of ether oxygens (including phenoxy) is 1. The Hall–Kier alpha value is -2.14. The third kappa shape index (κ3) is 1.66. The van der Waals surface area contributed by atoms with E-state index in [1.807, 2.05) is 24.4 Å². The Morgan fingerprint density at radius 3 is 2.89 bits per heavy atom. The van der Waals surface area contributed by atoms with Crippen LogP contribution in [0.4, 0.5) is 5.82 Å². The number of nitrogens with zero attached hydrogens (tertiary/aromatic N) is 4. The number of hydrogen-bond donors (Lipinski definition) is 0. The summed E-state index contributed by atoms with van der Waals surface area (Å²) in [5, 5.41) is 0. The number of fused-ring (bicyclic) bond motifs is 3. The van der Waals surface area contributed by atoms with Crippen LogP contribution >= 0.6 is 0 Å². The molecule has 0 unspecified atom stereocenters. The molecule has 1 fully saturated rings. The lowest BCUT2D eigenvalue weighted by Crippen LogP contribution is -2.37. The molecule has 0 atom stereocenters. The summed E-state index contributed by atoms with van der Waals surface area (Å²) in [4.78, 5) is 11.5. The van der Waals surface area contributed by atoms with Crippen molar-refractivity contribution >= 4 is 22.5 Å². The van der Waals surface area contributed by atoms with Crippen LogP contribution < -0.4 is 4.90 Å². The Morgan fingerprint density at radius 2 is 2.00 bits per heavy atom. The van der Waals surface area contributed by atoms with Crippen molar-refractivity contribution in [3.05, 3.63) is 36.7 Å². The van der Waals surface area contributed by atoms with Crippen LogP contribution in [0.15, 0.2) is 36.7 Å². The number of aromatic nitrogens is 3.